The molecular formula is C17H16ClN2O4-. The first-order chi connectivity index (χ1) is 11.5. The van der Waals surface area contributed by atoms with E-state index in [2.05, 4.69) is 5.32 Å². The summed E-state index contributed by atoms with van der Waals surface area (Å²) in [5.74, 6) is -2.28. The minimum Gasteiger partial charge on any atom is -0.545 e. The van der Waals surface area contributed by atoms with Crippen molar-refractivity contribution in [3.8, 4) is 0 Å². The highest BCUT2D eigenvalue weighted by atomic mass is 35.5. The van der Waals surface area contributed by atoms with Crippen LogP contribution in [0.15, 0.2) is 35.0 Å². The summed E-state index contributed by atoms with van der Waals surface area (Å²) in [4.78, 5) is 37.1. The number of carboxylic acid groups (broad SMARTS) is 1. The van der Waals surface area contributed by atoms with E-state index in [1.54, 1.807) is 6.07 Å². The Balaban J connectivity index is 1.82. The third-order valence-corrected chi connectivity index (χ3v) is 4.72. The lowest BCUT2D eigenvalue weighted by molar-refractivity contribution is -0.255. The number of anilines is 1. The zero-order chi connectivity index (χ0) is 17.3. The van der Waals surface area contributed by atoms with Crippen LogP contribution in [-0.4, -0.2) is 28.7 Å². The molecule has 1 heterocycles. The summed E-state index contributed by atoms with van der Waals surface area (Å²) in [7, 11) is 0. The summed E-state index contributed by atoms with van der Waals surface area (Å²) in [6.07, 6.45) is 4.64. The summed E-state index contributed by atoms with van der Waals surface area (Å²) in [6.45, 7) is 0. The van der Waals surface area contributed by atoms with Gasteiger partial charge in [-0.3, -0.25) is 14.5 Å². The Morgan fingerprint density at radius 2 is 1.88 bits per heavy atom. The van der Waals surface area contributed by atoms with E-state index in [0.717, 1.165) is 32.1 Å². The van der Waals surface area contributed by atoms with Gasteiger partial charge in [-0.1, -0.05) is 43.0 Å². The number of halogens is 1. The fourth-order valence-corrected chi connectivity index (χ4v) is 3.39. The molecule has 1 N–H and O–H groups in total. The highest BCUT2D eigenvalue weighted by Gasteiger charge is 2.42. The van der Waals surface area contributed by atoms with Crippen molar-refractivity contribution in [1.82, 2.24) is 4.90 Å². The number of carbonyl (C=O) groups is 3. The van der Waals surface area contributed by atoms with Crippen LogP contribution in [0, 0.1) is 0 Å². The summed E-state index contributed by atoms with van der Waals surface area (Å²) in [5.41, 5.74) is 0.317. The Morgan fingerprint density at radius 3 is 2.54 bits per heavy atom. The number of carboxylic acids is 1. The van der Waals surface area contributed by atoms with Crippen molar-refractivity contribution in [2.24, 2.45) is 0 Å². The molecule has 1 fully saturated rings. The molecule has 1 aromatic carbocycles. The molecule has 0 radical (unpaired) electrons. The number of aromatic carboxylic acids is 1. The van der Waals surface area contributed by atoms with Crippen LogP contribution in [0.2, 0.25) is 0 Å². The molecule has 1 aromatic rings. The highest BCUT2D eigenvalue weighted by molar-refractivity contribution is 6.48. The zero-order valence-corrected chi connectivity index (χ0v) is 13.6. The van der Waals surface area contributed by atoms with Gasteiger partial charge in [0.15, 0.2) is 0 Å². The number of hydrogen-bond acceptors (Lipinski definition) is 5. The second kappa shape index (κ2) is 6.65. The Bertz CT molecular complexity index is 738. The van der Waals surface area contributed by atoms with Crippen molar-refractivity contribution >= 4 is 35.1 Å². The van der Waals surface area contributed by atoms with Gasteiger partial charge in [0.2, 0.25) is 0 Å². The molecule has 0 unspecified atom stereocenters. The van der Waals surface area contributed by atoms with E-state index in [0.29, 0.717) is 5.69 Å². The largest absolute Gasteiger partial charge is 0.545 e. The first-order valence-electron chi connectivity index (χ1n) is 7.85. The third kappa shape index (κ3) is 3.01. The lowest BCUT2D eigenvalue weighted by atomic mass is 9.94. The van der Waals surface area contributed by atoms with E-state index in [1.807, 2.05) is 0 Å². The quantitative estimate of drug-likeness (QED) is 0.836. The Kier molecular flexibility index (Phi) is 4.57. The van der Waals surface area contributed by atoms with E-state index in [1.165, 1.54) is 23.1 Å². The molecule has 0 aromatic heterocycles. The smallest absolute Gasteiger partial charge is 0.279 e. The molecular weight excluding hydrogens is 332 g/mol. The maximum atomic E-state index is 12.6. The van der Waals surface area contributed by atoms with Gasteiger partial charge in [0.25, 0.3) is 11.8 Å². The van der Waals surface area contributed by atoms with Crippen LogP contribution in [0.5, 0.6) is 0 Å². The zero-order valence-electron chi connectivity index (χ0n) is 12.9. The van der Waals surface area contributed by atoms with Gasteiger partial charge in [0.05, 0.1) is 5.97 Å². The second-order valence-corrected chi connectivity index (χ2v) is 6.33. The van der Waals surface area contributed by atoms with Gasteiger partial charge in [-0.05, 0) is 30.5 Å². The second-order valence-electron chi connectivity index (χ2n) is 5.95. The van der Waals surface area contributed by atoms with Crippen molar-refractivity contribution in [2.75, 3.05) is 5.32 Å². The average molecular weight is 348 g/mol. The molecule has 1 saturated carbocycles. The summed E-state index contributed by atoms with van der Waals surface area (Å²) in [5, 5.41) is 13.5. The number of nitrogens with one attached hydrogen (secondary N) is 1. The van der Waals surface area contributed by atoms with Gasteiger partial charge in [0, 0.05) is 11.7 Å². The molecule has 1 aliphatic heterocycles. The van der Waals surface area contributed by atoms with E-state index < -0.39 is 17.8 Å². The van der Waals surface area contributed by atoms with Crippen molar-refractivity contribution in [3.05, 3.63) is 40.6 Å². The van der Waals surface area contributed by atoms with E-state index in [9.17, 15) is 19.5 Å². The number of imide groups is 1. The molecule has 1 aliphatic carbocycles. The molecule has 24 heavy (non-hydrogen) atoms. The predicted octanol–water partition coefficient (Wildman–Crippen LogP) is 1.61. The van der Waals surface area contributed by atoms with Gasteiger partial charge in [0.1, 0.15) is 10.7 Å². The number of rotatable bonds is 4. The van der Waals surface area contributed by atoms with Gasteiger partial charge in [-0.2, -0.15) is 0 Å². The minimum absolute atomic E-state index is 0.0114. The molecule has 3 rings (SSSR count). The Hall–Kier alpha value is -2.34. The van der Waals surface area contributed by atoms with Crippen LogP contribution < -0.4 is 10.4 Å². The molecule has 0 saturated heterocycles. The highest BCUT2D eigenvalue weighted by Crippen LogP contribution is 2.32. The number of hydrogen-bond donors (Lipinski definition) is 1. The first kappa shape index (κ1) is 16.5. The lowest BCUT2D eigenvalue weighted by Gasteiger charge is -2.29. The molecule has 0 bridgehead atoms. The fraction of sp³-hybridized carbons (Fsp3) is 0.353. The van der Waals surface area contributed by atoms with Crippen LogP contribution in [0.4, 0.5) is 5.69 Å². The first-order valence-corrected chi connectivity index (χ1v) is 8.23. The topological polar surface area (TPSA) is 89.5 Å². The van der Waals surface area contributed by atoms with Gasteiger partial charge < -0.3 is 15.2 Å². The Labute approximate surface area is 144 Å². The minimum atomic E-state index is -1.32. The monoisotopic (exact) mass is 347 g/mol. The predicted molar refractivity (Wildman–Crippen MR) is 86.0 cm³/mol. The Morgan fingerprint density at radius 1 is 1.17 bits per heavy atom. The normalized spacial score (nSPS) is 19.1. The SMILES string of the molecule is O=C([O-])c1cccc(NC2=C(Cl)C(=O)N(C3CCCCC3)C2=O)c1. The van der Waals surface area contributed by atoms with Crippen molar-refractivity contribution in [3.63, 3.8) is 0 Å². The van der Waals surface area contributed by atoms with Gasteiger partial charge in [-0.25, -0.2) is 0 Å². The van der Waals surface area contributed by atoms with Crippen molar-refractivity contribution in [2.45, 2.75) is 38.1 Å². The lowest BCUT2D eigenvalue weighted by Crippen LogP contribution is -2.42. The van der Waals surface area contributed by atoms with Crippen LogP contribution in [0.3, 0.4) is 0 Å². The fourth-order valence-electron chi connectivity index (χ4n) is 3.17. The van der Waals surface area contributed by atoms with Crippen molar-refractivity contribution < 1.29 is 19.5 Å². The maximum absolute atomic E-state index is 12.6. The van der Waals surface area contributed by atoms with Gasteiger partial charge in [-0.15, -0.1) is 0 Å². The molecule has 6 nitrogen and oxygen atoms in total. The van der Waals surface area contributed by atoms with Crippen LogP contribution in [0.25, 0.3) is 0 Å². The molecule has 2 amide bonds. The average Bonchev–Trinajstić information content (AvgIpc) is 2.79. The van der Waals surface area contributed by atoms with Crippen LogP contribution in [0.1, 0.15) is 42.5 Å². The van der Waals surface area contributed by atoms with E-state index in [4.69, 9.17) is 11.6 Å². The maximum Gasteiger partial charge on any atom is 0.279 e. The standard InChI is InChI=1S/C17H17ClN2O4/c18-13-14(19-11-6-4-5-10(9-11)17(23)24)16(22)20(15(13)21)12-7-2-1-3-8-12/h4-6,9,12,19H,1-3,7-8H2,(H,23,24)/p-1. The van der Waals surface area contributed by atoms with E-state index >= 15 is 0 Å². The summed E-state index contributed by atoms with van der Waals surface area (Å²) < 4.78 is 0. The van der Waals surface area contributed by atoms with Crippen molar-refractivity contribution in [1.29, 1.82) is 0 Å². The molecule has 0 spiro atoms. The molecule has 7 heteroatoms. The summed E-state index contributed by atoms with van der Waals surface area (Å²) in [6, 6.07) is 5.69. The van der Waals surface area contributed by atoms with Crippen LogP contribution >= 0.6 is 11.6 Å². The van der Waals surface area contributed by atoms with E-state index in [-0.39, 0.29) is 22.3 Å². The number of amides is 2. The number of benzene rings is 1. The number of nitrogens with zero attached hydrogens (tertiary/aromatic N) is 1. The third-order valence-electron chi connectivity index (χ3n) is 4.37. The van der Waals surface area contributed by atoms with Gasteiger partial charge >= 0.3 is 0 Å². The van der Waals surface area contributed by atoms with Crippen LogP contribution in [-0.2, 0) is 9.59 Å². The molecule has 126 valence electrons. The molecule has 0 atom stereocenters. The number of carbonyl (C=O) groups excluding carboxylic acids is 3. The summed E-state index contributed by atoms with van der Waals surface area (Å²) >= 11 is 6.07. The molecule has 2 aliphatic rings.